The summed E-state index contributed by atoms with van der Waals surface area (Å²) in [6.45, 7) is 5.45. The molecule has 0 spiro atoms. The van der Waals surface area contributed by atoms with Crippen molar-refractivity contribution >= 4 is 11.7 Å². The molecule has 0 bridgehead atoms. The van der Waals surface area contributed by atoms with Crippen molar-refractivity contribution in [2.75, 3.05) is 39.8 Å². The monoisotopic (exact) mass is 290 g/mol. The molecule has 1 amide bonds. The number of rotatable bonds is 5. The molecule has 0 aromatic heterocycles. The lowest BCUT2D eigenvalue weighted by Crippen LogP contribution is -2.49. The third-order valence-electron chi connectivity index (χ3n) is 3.76. The summed E-state index contributed by atoms with van der Waals surface area (Å²) in [5.74, 6) is 0.950. The first-order valence-electron chi connectivity index (χ1n) is 7.25. The van der Waals surface area contributed by atoms with E-state index in [1.807, 2.05) is 23.1 Å². The van der Waals surface area contributed by atoms with E-state index >= 15 is 0 Å². The second kappa shape index (κ2) is 7.22. The van der Waals surface area contributed by atoms with Crippen LogP contribution in [0.25, 0.3) is 0 Å². The molecule has 0 unspecified atom stereocenters. The first kappa shape index (κ1) is 15.5. The number of ether oxygens (including phenoxy) is 1. The summed E-state index contributed by atoms with van der Waals surface area (Å²) in [5.41, 5.74) is 0.659. The van der Waals surface area contributed by atoms with E-state index in [2.05, 4.69) is 4.90 Å². The van der Waals surface area contributed by atoms with Crippen molar-refractivity contribution in [1.82, 2.24) is 9.80 Å². The maximum Gasteiger partial charge on any atom is 0.254 e. The Morgan fingerprint density at radius 1 is 1.19 bits per heavy atom. The van der Waals surface area contributed by atoms with Gasteiger partial charge in [0.2, 0.25) is 0 Å². The van der Waals surface area contributed by atoms with Gasteiger partial charge in [0.25, 0.3) is 5.91 Å². The van der Waals surface area contributed by atoms with Gasteiger partial charge in [-0.05, 0) is 25.1 Å². The summed E-state index contributed by atoms with van der Waals surface area (Å²) < 4.78 is 5.15. The van der Waals surface area contributed by atoms with E-state index in [1.165, 1.54) is 0 Å². The average molecular weight is 290 g/mol. The Balaban J connectivity index is 1.89. The highest BCUT2D eigenvalue weighted by atomic mass is 16.5. The van der Waals surface area contributed by atoms with Crippen LogP contribution in [0.2, 0.25) is 0 Å². The SMILES string of the molecule is COc1cccc(C(=O)N2CCN(CCC(C)=O)CC2)c1. The molecule has 1 fully saturated rings. The number of amides is 1. The van der Waals surface area contributed by atoms with E-state index in [0.29, 0.717) is 30.8 Å². The maximum atomic E-state index is 12.4. The minimum atomic E-state index is 0.0418. The van der Waals surface area contributed by atoms with E-state index < -0.39 is 0 Å². The predicted octanol–water partition coefficient (Wildman–Crippen LogP) is 1.43. The van der Waals surface area contributed by atoms with Crippen LogP contribution in [0.4, 0.5) is 0 Å². The maximum absolute atomic E-state index is 12.4. The highest BCUT2D eigenvalue weighted by Crippen LogP contribution is 2.15. The minimum Gasteiger partial charge on any atom is -0.497 e. The second-order valence-corrected chi connectivity index (χ2v) is 5.32. The zero-order chi connectivity index (χ0) is 15.2. The van der Waals surface area contributed by atoms with Gasteiger partial charge in [-0.3, -0.25) is 14.5 Å². The summed E-state index contributed by atoms with van der Waals surface area (Å²) >= 11 is 0. The Hall–Kier alpha value is -1.88. The largest absolute Gasteiger partial charge is 0.497 e. The molecule has 1 aliphatic rings. The molecule has 5 nitrogen and oxygen atoms in total. The van der Waals surface area contributed by atoms with Crippen LogP contribution in [0.3, 0.4) is 0 Å². The van der Waals surface area contributed by atoms with Crippen LogP contribution in [0, 0.1) is 0 Å². The van der Waals surface area contributed by atoms with Crippen LogP contribution in [-0.2, 0) is 4.79 Å². The van der Waals surface area contributed by atoms with E-state index in [-0.39, 0.29) is 11.7 Å². The van der Waals surface area contributed by atoms with Gasteiger partial charge in [-0.2, -0.15) is 0 Å². The fourth-order valence-electron chi connectivity index (χ4n) is 2.43. The van der Waals surface area contributed by atoms with Gasteiger partial charge in [0.15, 0.2) is 0 Å². The molecule has 5 heteroatoms. The Labute approximate surface area is 125 Å². The molecule has 0 atom stereocenters. The third kappa shape index (κ3) is 4.29. The minimum absolute atomic E-state index is 0.0418. The van der Waals surface area contributed by atoms with Crippen LogP contribution >= 0.6 is 0 Å². The number of carbonyl (C=O) groups is 2. The van der Waals surface area contributed by atoms with Gasteiger partial charge >= 0.3 is 0 Å². The second-order valence-electron chi connectivity index (χ2n) is 5.32. The van der Waals surface area contributed by atoms with E-state index in [4.69, 9.17) is 4.74 Å². The van der Waals surface area contributed by atoms with Crippen molar-refractivity contribution in [3.05, 3.63) is 29.8 Å². The molecule has 1 aliphatic heterocycles. The van der Waals surface area contributed by atoms with E-state index in [1.54, 1.807) is 20.1 Å². The number of ketones is 1. The Morgan fingerprint density at radius 3 is 2.52 bits per heavy atom. The van der Waals surface area contributed by atoms with Gasteiger partial charge in [-0.1, -0.05) is 6.07 Å². The number of nitrogens with zero attached hydrogens (tertiary/aromatic N) is 2. The molecule has 114 valence electrons. The molecule has 0 aliphatic carbocycles. The topological polar surface area (TPSA) is 49.9 Å². The molecule has 1 saturated heterocycles. The van der Waals surface area contributed by atoms with Crippen molar-refractivity contribution < 1.29 is 14.3 Å². The van der Waals surface area contributed by atoms with Crippen molar-refractivity contribution in [2.24, 2.45) is 0 Å². The molecule has 1 aromatic carbocycles. The fraction of sp³-hybridized carbons (Fsp3) is 0.500. The summed E-state index contributed by atoms with van der Waals surface area (Å²) in [7, 11) is 1.59. The van der Waals surface area contributed by atoms with Crippen molar-refractivity contribution in [3.8, 4) is 5.75 Å². The lowest BCUT2D eigenvalue weighted by atomic mass is 10.1. The molecule has 1 aromatic rings. The van der Waals surface area contributed by atoms with E-state index in [0.717, 1.165) is 19.6 Å². The summed E-state index contributed by atoms with van der Waals surface area (Å²) in [6.07, 6.45) is 0.587. The van der Waals surface area contributed by atoms with Crippen molar-refractivity contribution in [1.29, 1.82) is 0 Å². The molecular weight excluding hydrogens is 268 g/mol. The average Bonchev–Trinajstić information content (AvgIpc) is 2.52. The first-order valence-corrected chi connectivity index (χ1v) is 7.25. The number of benzene rings is 1. The molecule has 0 radical (unpaired) electrons. The third-order valence-corrected chi connectivity index (χ3v) is 3.76. The van der Waals surface area contributed by atoms with Gasteiger partial charge < -0.3 is 9.64 Å². The number of hydrogen-bond donors (Lipinski definition) is 0. The summed E-state index contributed by atoms with van der Waals surface area (Å²) in [4.78, 5) is 27.5. The smallest absolute Gasteiger partial charge is 0.254 e. The van der Waals surface area contributed by atoms with Gasteiger partial charge in [0, 0.05) is 44.7 Å². The number of Topliss-reactive ketones (excluding diaryl/α,β-unsaturated/α-hetero) is 1. The number of hydrogen-bond acceptors (Lipinski definition) is 4. The highest BCUT2D eigenvalue weighted by Gasteiger charge is 2.22. The van der Waals surface area contributed by atoms with Gasteiger partial charge in [-0.15, -0.1) is 0 Å². The van der Waals surface area contributed by atoms with Crippen LogP contribution < -0.4 is 4.74 Å². The van der Waals surface area contributed by atoms with Crippen LogP contribution in [0.1, 0.15) is 23.7 Å². The predicted molar refractivity (Wildman–Crippen MR) is 80.6 cm³/mol. The molecule has 1 heterocycles. The fourth-order valence-corrected chi connectivity index (χ4v) is 2.43. The molecular formula is C16H22N2O3. The van der Waals surface area contributed by atoms with E-state index in [9.17, 15) is 9.59 Å². The Bertz CT molecular complexity index is 508. The van der Waals surface area contributed by atoms with Crippen molar-refractivity contribution in [2.45, 2.75) is 13.3 Å². The normalized spacial score (nSPS) is 15.8. The standard InChI is InChI=1S/C16H22N2O3/c1-13(19)6-7-17-8-10-18(11-9-17)16(20)14-4-3-5-15(12-14)21-2/h3-5,12H,6-11H2,1-2H3. The van der Waals surface area contributed by atoms with Gasteiger partial charge in [0.05, 0.1) is 7.11 Å². The number of carbonyl (C=O) groups excluding carboxylic acids is 2. The summed E-state index contributed by atoms with van der Waals surface area (Å²) in [5, 5.41) is 0. The number of methoxy groups -OCH3 is 1. The molecule has 0 saturated carbocycles. The summed E-state index contributed by atoms with van der Waals surface area (Å²) in [6, 6.07) is 7.24. The van der Waals surface area contributed by atoms with Crippen LogP contribution in [-0.4, -0.2) is 61.3 Å². The zero-order valence-electron chi connectivity index (χ0n) is 12.7. The molecule has 2 rings (SSSR count). The Morgan fingerprint density at radius 2 is 1.90 bits per heavy atom. The first-order chi connectivity index (χ1) is 10.1. The van der Waals surface area contributed by atoms with Crippen LogP contribution in [0.15, 0.2) is 24.3 Å². The van der Waals surface area contributed by atoms with Gasteiger partial charge in [-0.25, -0.2) is 0 Å². The quantitative estimate of drug-likeness (QED) is 0.823. The lowest BCUT2D eigenvalue weighted by molar-refractivity contribution is -0.117. The number of piperazine rings is 1. The van der Waals surface area contributed by atoms with Gasteiger partial charge in [0.1, 0.15) is 11.5 Å². The zero-order valence-corrected chi connectivity index (χ0v) is 12.7. The van der Waals surface area contributed by atoms with Crippen LogP contribution in [0.5, 0.6) is 5.75 Å². The van der Waals surface area contributed by atoms with Crippen molar-refractivity contribution in [3.63, 3.8) is 0 Å². The highest BCUT2D eigenvalue weighted by molar-refractivity contribution is 5.94. The Kier molecular flexibility index (Phi) is 5.33. The molecule has 0 N–H and O–H groups in total. The lowest BCUT2D eigenvalue weighted by Gasteiger charge is -2.34. The molecule has 21 heavy (non-hydrogen) atoms.